The molecule has 1 fully saturated rings. The van der Waals surface area contributed by atoms with Gasteiger partial charge in [0.2, 0.25) is 0 Å². The number of rotatable bonds is 1. The van der Waals surface area contributed by atoms with Crippen molar-refractivity contribution in [2.75, 3.05) is 6.54 Å². The van der Waals surface area contributed by atoms with Gasteiger partial charge in [-0.25, -0.2) is 0 Å². The van der Waals surface area contributed by atoms with Crippen LogP contribution in [0.15, 0.2) is 0 Å². The van der Waals surface area contributed by atoms with Crippen LogP contribution in [0, 0.1) is 0 Å². The fraction of sp³-hybridized carbons (Fsp3) is 0.800. The van der Waals surface area contributed by atoms with Crippen molar-refractivity contribution in [3.63, 3.8) is 0 Å². The number of carbonyl (C=O) groups is 1. The maximum atomic E-state index is 10.7. The molecule has 6 N–H and O–H groups in total. The third-order valence-electron chi connectivity index (χ3n) is 1.62. The summed E-state index contributed by atoms with van der Waals surface area (Å²) in [5.41, 5.74) is 16.0. The van der Waals surface area contributed by atoms with E-state index in [1.807, 2.05) is 0 Å². The minimum atomic E-state index is -0.700. The molecule has 1 saturated heterocycles. The zero-order chi connectivity index (χ0) is 7.72. The van der Waals surface area contributed by atoms with Crippen molar-refractivity contribution in [1.82, 2.24) is 0 Å². The van der Waals surface area contributed by atoms with E-state index < -0.39 is 24.2 Å². The number of hydrogen-bond acceptors (Lipinski definition) is 5. The van der Waals surface area contributed by atoms with Gasteiger partial charge in [0.1, 0.15) is 12.1 Å². The molecule has 10 heavy (non-hydrogen) atoms. The third-order valence-corrected chi connectivity index (χ3v) is 1.62. The van der Waals surface area contributed by atoms with Crippen LogP contribution in [0.5, 0.6) is 0 Å². The quantitative estimate of drug-likeness (QED) is 0.354. The van der Waals surface area contributed by atoms with E-state index in [0.29, 0.717) is 0 Å². The van der Waals surface area contributed by atoms with Crippen molar-refractivity contribution in [2.24, 2.45) is 17.2 Å². The summed E-state index contributed by atoms with van der Waals surface area (Å²) >= 11 is 0. The summed E-state index contributed by atoms with van der Waals surface area (Å²) in [6.07, 6.45) is -0.400. The van der Waals surface area contributed by atoms with E-state index in [1.54, 1.807) is 0 Å². The summed E-state index contributed by atoms with van der Waals surface area (Å²) in [6, 6.07) is -1.15. The second-order valence-electron chi connectivity index (χ2n) is 2.31. The molecule has 58 valence electrons. The van der Waals surface area contributed by atoms with Gasteiger partial charge in [-0.05, 0) is 0 Å². The van der Waals surface area contributed by atoms with Crippen LogP contribution < -0.4 is 17.2 Å². The van der Waals surface area contributed by atoms with Gasteiger partial charge >= 0.3 is 5.97 Å². The molecular weight excluding hydrogens is 134 g/mol. The lowest BCUT2D eigenvalue weighted by atomic mass is 10.1. The van der Waals surface area contributed by atoms with Crippen molar-refractivity contribution < 1.29 is 9.53 Å². The minimum absolute atomic E-state index is 0.237. The first-order valence-electron chi connectivity index (χ1n) is 3.08. The lowest BCUT2D eigenvalue weighted by Gasteiger charge is -2.10. The van der Waals surface area contributed by atoms with Gasteiger partial charge in [0.15, 0.2) is 0 Å². The molecule has 5 nitrogen and oxygen atoms in total. The fourth-order valence-corrected chi connectivity index (χ4v) is 0.900. The smallest absolute Gasteiger partial charge is 0.325 e. The Kier molecular flexibility index (Phi) is 1.89. The molecule has 0 saturated carbocycles. The molecular formula is C5H11N3O2. The summed E-state index contributed by atoms with van der Waals surface area (Å²) in [7, 11) is 0. The fourth-order valence-electron chi connectivity index (χ4n) is 0.900. The Hall–Kier alpha value is -0.650. The Morgan fingerprint density at radius 3 is 2.30 bits per heavy atom. The van der Waals surface area contributed by atoms with Crippen molar-refractivity contribution in [2.45, 2.75) is 18.2 Å². The van der Waals surface area contributed by atoms with E-state index >= 15 is 0 Å². The van der Waals surface area contributed by atoms with E-state index in [2.05, 4.69) is 0 Å². The molecule has 1 heterocycles. The van der Waals surface area contributed by atoms with Crippen LogP contribution in [0.1, 0.15) is 0 Å². The maximum absolute atomic E-state index is 10.7. The molecule has 0 spiro atoms. The predicted molar refractivity (Wildman–Crippen MR) is 34.9 cm³/mol. The molecule has 0 radical (unpaired) electrons. The highest BCUT2D eigenvalue weighted by Crippen LogP contribution is 2.10. The van der Waals surface area contributed by atoms with Gasteiger partial charge in [-0.3, -0.25) is 4.79 Å². The Balaban J connectivity index is 2.61. The first-order valence-corrected chi connectivity index (χ1v) is 3.08. The summed E-state index contributed by atoms with van der Waals surface area (Å²) in [4.78, 5) is 10.7. The lowest BCUT2D eigenvalue weighted by molar-refractivity contribution is -0.142. The Bertz CT molecular complexity index is 150. The number of cyclic esters (lactones) is 1. The van der Waals surface area contributed by atoms with Crippen LogP contribution in [0.2, 0.25) is 0 Å². The van der Waals surface area contributed by atoms with E-state index in [0.717, 1.165) is 0 Å². The number of esters is 1. The topological polar surface area (TPSA) is 104 Å². The monoisotopic (exact) mass is 145 g/mol. The molecule has 3 atom stereocenters. The van der Waals surface area contributed by atoms with Crippen LogP contribution in [0.4, 0.5) is 0 Å². The molecule has 5 heteroatoms. The molecule has 0 aliphatic carbocycles. The Labute approximate surface area is 58.5 Å². The normalized spacial score (nSPS) is 39.9. The van der Waals surface area contributed by atoms with Gasteiger partial charge in [0.25, 0.3) is 0 Å². The molecule has 0 aromatic carbocycles. The molecule has 0 aromatic rings. The van der Waals surface area contributed by atoms with Crippen LogP contribution in [-0.4, -0.2) is 30.7 Å². The van der Waals surface area contributed by atoms with E-state index in [9.17, 15) is 4.79 Å². The molecule has 0 bridgehead atoms. The molecule has 0 aromatic heterocycles. The van der Waals surface area contributed by atoms with Crippen LogP contribution in [0.3, 0.4) is 0 Å². The zero-order valence-corrected chi connectivity index (χ0v) is 5.49. The summed E-state index contributed by atoms with van der Waals surface area (Å²) < 4.78 is 4.72. The molecule has 1 aliphatic heterocycles. The number of nitrogens with two attached hydrogens (primary N) is 3. The average molecular weight is 145 g/mol. The van der Waals surface area contributed by atoms with Crippen molar-refractivity contribution in [1.29, 1.82) is 0 Å². The molecule has 1 rings (SSSR count). The van der Waals surface area contributed by atoms with Gasteiger partial charge in [0.05, 0.1) is 6.04 Å². The zero-order valence-electron chi connectivity index (χ0n) is 5.49. The van der Waals surface area contributed by atoms with Gasteiger partial charge in [-0.15, -0.1) is 0 Å². The third kappa shape index (κ3) is 0.985. The van der Waals surface area contributed by atoms with Crippen LogP contribution in [-0.2, 0) is 9.53 Å². The summed E-state index contributed by atoms with van der Waals surface area (Å²) in [5.74, 6) is -0.456. The second kappa shape index (κ2) is 2.53. The van der Waals surface area contributed by atoms with E-state index in [4.69, 9.17) is 21.9 Å². The molecule has 0 unspecified atom stereocenters. The molecule has 0 amide bonds. The van der Waals surface area contributed by atoms with Crippen LogP contribution in [0.25, 0.3) is 0 Å². The highest BCUT2D eigenvalue weighted by atomic mass is 16.6. The van der Waals surface area contributed by atoms with Crippen molar-refractivity contribution in [3.05, 3.63) is 0 Å². The van der Waals surface area contributed by atoms with Gasteiger partial charge in [-0.1, -0.05) is 0 Å². The SMILES string of the molecule is NC[C@@H]1OC(=O)[C@H](N)[C@H]1N. The number of carbonyl (C=O) groups excluding carboxylic acids is 1. The Morgan fingerprint density at radius 2 is 2.10 bits per heavy atom. The highest BCUT2D eigenvalue weighted by molar-refractivity contribution is 5.79. The van der Waals surface area contributed by atoms with Gasteiger partial charge in [0, 0.05) is 6.54 Å². The summed E-state index contributed by atoms with van der Waals surface area (Å²) in [5, 5.41) is 0. The first kappa shape index (κ1) is 7.46. The van der Waals surface area contributed by atoms with E-state index in [-0.39, 0.29) is 6.54 Å². The number of ether oxygens (including phenoxy) is 1. The lowest BCUT2D eigenvalue weighted by Crippen LogP contribution is -2.47. The second-order valence-corrected chi connectivity index (χ2v) is 2.31. The van der Waals surface area contributed by atoms with Gasteiger partial charge < -0.3 is 21.9 Å². The minimum Gasteiger partial charge on any atom is -0.458 e. The van der Waals surface area contributed by atoms with Gasteiger partial charge in [-0.2, -0.15) is 0 Å². The van der Waals surface area contributed by atoms with E-state index in [1.165, 1.54) is 0 Å². The maximum Gasteiger partial charge on any atom is 0.325 e. The van der Waals surface area contributed by atoms with Crippen LogP contribution >= 0.6 is 0 Å². The molecule has 1 aliphatic rings. The summed E-state index contributed by atoms with van der Waals surface area (Å²) in [6.45, 7) is 0.237. The van der Waals surface area contributed by atoms with Crippen molar-refractivity contribution >= 4 is 5.97 Å². The Morgan fingerprint density at radius 1 is 1.50 bits per heavy atom. The van der Waals surface area contributed by atoms with Crippen molar-refractivity contribution in [3.8, 4) is 0 Å². The average Bonchev–Trinajstić information content (AvgIpc) is 2.17. The predicted octanol–water partition coefficient (Wildman–Crippen LogP) is -2.47. The highest BCUT2D eigenvalue weighted by Gasteiger charge is 2.38. The largest absolute Gasteiger partial charge is 0.458 e. The number of hydrogen-bond donors (Lipinski definition) is 3. The first-order chi connectivity index (χ1) is 4.66. The standard InChI is InChI=1S/C5H11N3O2/c6-1-2-3(7)4(8)5(9)10-2/h2-4H,1,6-8H2/t2-,3-,4+/m0/s1.